The van der Waals surface area contributed by atoms with Crippen LogP contribution in [0.5, 0.6) is 0 Å². The highest BCUT2D eigenvalue weighted by Crippen LogP contribution is 2.26. The number of nitrogens with one attached hydrogen (secondary N) is 2. The molecule has 32 heavy (non-hydrogen) atoms. The van der Waals surface area contributed by atoms with Crippen LogP contribution in [0.1, 0.15) is 10.5 Å². The molecule has 11 heteroatoms. The van der Waals surface area contributed by atoms with Gasteiger partial charge in [0.1, 0.15) is 17.0 Å². The lowest BCUT2D eigenvalue weighted by atomic mass is 10.2. The number of aromatic nitrogens is 4. The number of piperazine rings is 1. The maximum Gasteiger partial charge on any atom is 0.335 e. The van der Waals surface area contributed by atoms with Gasteiger partial charge in [0, 0.05) is 44.8 Å². The third-order valence-corrected chi connectivity index (χ3v) is 6.27. The number of thiazole rings is 1. The summed E-state index contributed by atoms with van der Waals surface area (Å²) in [6, 6.07) is 6.36. The Morgan fingerprint density at radius 3 is 2.88 bits per heavy atom. The summed E-state index contributed by atoms with van der Waals surface area (Å²) in [6.07, 6.45) is 3.31. The molecule has 0 radical (unpaired) electrons. The maximum absolute atomic E-state index is 14.3. The summed E-state index contributed by atoms with van der Waals surface area (Å²) in [7, 11) is 1.51. The number of carbonyl (C=O) groups excluding carboxylic acids is 1. The van der Waals surface area contributed by atoms with Crippen LogP contribution in [-0.2, 0) is 7.05 Å². The van der Waals surface area contributed by atoms with Crippen LogP contribution in [0.3, 0.4) is 0 Å². The molecule has 3 aromatic heterocycles. The first kappa shape index (κ1) is 20.3. The summed E-state index contributed by atoms with van der Waals surface area (Å²) in [5.41, 5.74) is 1.81. The number of fused-ring (bicyclic) bond motifs is 1. The van der Waals surface area contributed by atoms with Gasteiger partial charge in [0.2, 0.25) is 0 Å². The predicted octanol–water partition coefficient (Wildman–Crippen LogP) is 1.98. The standard InChI is InChI=1S/C21H20FN7O2S/c1-27-18-13(22)3-2-4-17(18)29(21(27)31)20-26-15(12-32-20)19(30)25-14-11-24-6-5-16(14)28-9-7-23-8-10-28/h2-6,11-12,23H,7-10H2,1H3,(H,25,30). The molecule has 1 aliphatic heterocycles. The Bertz CT molecular complexity index is 1370. The highest BCUT2D eigenvalue weighted by Gasteiger charge is 2.21. The van der Waals surface area contributed by atoms with Crippen molar-refractivity contribution in [1.82, 2.24) is 24.4 Å². The molecule has 0 bridgehead atoms. The Labute approximate surface area is 186 Å². The Morgan fingerprint density at radius 2 is 2.06 bits per heavy atom. The fraction of sp³-hybridized carbons (Fsp3) is 0.238. The molecule has 0 unspecified atom stereocenters. The van der Waals surface area contributed by atoms with Crippen LogP contribution in [0.2, 0.25) is 0 Å². The molecule has 0 spiro atoms. The quantitative estimate of drug-likeness (QED) is 0.491. The van der Waals surface area contributed by atoms with Crippen LogP contribution in [0, 0.1) is 5.82 Å². The second-order valence-electron chi connectivity index (χ2n) is 7.38. The lowest BCUT2D eigenvalue weighted by Gasteiger charge is -2.30. The number of carbonyl (C=O) groups is 1. The molecule has 4 aromatic rings. The van der Waals surface area contributed by atoms with E-state index in [1.165, 1.54) is 28.3 Å². The average Bonchev–Trinajstić information content (AvgIpc) is 3.39. The lowest BCUT2D eigenvalue weighted by Crippen LogP contribution is -2.43. The average molecular weight is 454 g/mol. The second kappa shape index (κ2) is 8.17. The predicted molar refractivity (Wildman–Crippen MR) is 121 cm³/mol. The van der Waals surface area contributed by atoms with E-state index in [0.29, 0.717) is 16.3 Å². The summed E-state index contributed by atoms with van der Waals surface area (Å²) >= 11 is 1.14. The number of hydrogen-bond donors (Lipinski definition) is 2. The van der Waals surface area contributed by atoms with Crippen molar-refractivity contribution in [3.05, 3.63) is 64.0 Å². The van der Waals surface area contributed by atoms with E-state index in [0.717, 1.165) is 43.2 Å². The van der Waals surface area contributed by atoms with Gasteiger partial charge in [-0.05, 0) is 18.2 Å². The Balaban J connectivity index is 1.45. The maximum atomic E-state index is 14.3. The van der Waals surface area contributed by atoms with E-state index >= 15 is 0 Å². The molecule has 0 atom stereocenters. The highest BCUT2D eigenvalue weighted by atomic mass is 32.1. The number of imidazole rings is 1. The van der Waals surface area contributed by atoms with E-state index in [-0.39, 0.29) is 11.2 Å². The van der Waals surface area contributed by atoms with E-state index in [9.17, 15) is 14.0 Å². The first-order valence-corrected chi connectivity index (χ1v) is 11.0. The Hall–Kier alpha value is -3.57. The number of nitrogens with zero attached hydrogens (tertiary/aromatic N) is 5. The van der Waals surface area contributed by atoms with Crippen molar-refractivity contribution in [1.29, 1.82) is 0 Å². The van der Waals surface area contributed by atoms with Gasteiger partial charge in [-0.25, -0.2) is 18.7 Å². The SMILES string of the molecule is Cn1c(=O)n(-c2nc(C(=O)Nc3cnccc3N3CCNCC3)cs2)c2cccc(F)c21. The zero-order valence-electron chi connectivity index (χ0n) is 17.2. The molecule has 0 aliphatic carbocycles. The van der Waals surface area contributed by atoms with Gasteiger partial charge in [-0.15, -0.1) is 11.3 Å². The van der Waals surface area contributed by atoms with Crippen molar-refractivity contribution in [2.45, 2.75) is 0 Å². The van der Waals surface area contributed by atoms with Gasteiger partial charge in [0.25, 0.3) is 5.91 Å². The van der Waals surface area contributed by atoms with Crippen LogP contribution in [0.25, 0.3) is 16.2 Å². The fourth-order valence-electron chi connectivity index (χ4n) is 3.87. The minimum absolute atomic E-state index is 0.167. The molecular weight excluding hydrogens is 433 g/mol. The second-order valence-corrected chi connectivity index (χ2v) is 8.22. The summed E-state index contributed by atoms with van der Waals surface area (Å²) < 4.78 is 16.8. The third kappa shape index (κ3) is 3.45. The number of hydrogen-bond acceptors (Lipinski definition) is 7. The first-order valence-electron chi connectivity index (χ1n) is 10.1. The highest BCUT2D eigenvalue weighted by molar-refractivity contribution is 7.12. The number of amides is 1. The molecular formula is C21H20FN7O2S. The molecule has 164 valence electrons. The number of aryl methyl sites for hydroxylation is 1. The van der Waals surface area contributed by atoms with Crippen molar-refractivity contribution < 1.29 is 9.18 Å². The topological polar surface area (TPSA) is 97.1 Å². The smallest absolute Gasteiger partial charge is 0.335 e. The Morgan fingerprint density at radius 1 is 1.25 bits per heavy atom. The number of halogens is 1. The molecule has 1 fully saturated rings. The number of anilines is 2. The van der Waals surface area contributed by atoms with Crippen LogP contribution in [0.15, 0.2) is 46.8 Å². The van der Waals surface area contributed by atoms with Crippen LogP contribution >= 0.6 is 11.3 Å². The first-order chi connectivity index (χ1) is 15.5. The molecule has 1 saturated heterocycles. The fourth-order valence-corrected chi connectivity index (χ4v) is 4.68. The van der Waals surface area contributed by atoms with Crippen LogP contribution in [0.4, 0.5) is 15.8 Å². The van der Waals surface area contributed by atoms with E-state index in [4.69, 9.17) is 0 Å². The van der Waals surface area contributed by atoms with Crippen LogP contribution in [-0.4, -0.2) is 51.2 Å². The number of pyridine rings is 1. The van der Waals surface area contributed by atoms with Gasteiger partial charge in [-0.3, -0.25) is 14.3 Å². The minimum Gasteiger partial charge on any atom is -0.367 e. The summed E-state index contributed by atoms with van der Waals surface area (Å²) in [4.78, 5) is 36.3. The molecule has 9 nitrogen and oxygen atoms in total. The van der Waals surface area contributed by atoms with Gasteiger partial charge >= 0.3 is 5.69 Å². The van der Waals surface area contributed by atoms with Crippen molar-refractivity contribution in [2.75, 3.05) is 36.4 Å². The van der Waals surface area contributed by atoms with E-state index in [1.54, 1.807) is 23.8 Å². The van der Waals surface area contributed by atoms with Gasteiger partial charge < -0.3 is 15.5 Å². The van der Waals surface area contributed by atoms with Crippen molar-refractivity contribution >= 4 is 39.7 Å². The van der Waals surface area contributed by atoms with Gasteiger partial charge in [-0.2, -0.15) is 0 Å². The molecule has 2 N–H and O–H groups in total. The largest absolute Gasteiger partial charge is 0.367 e. The zero-order valence-corrected chi connectivity index (χ0v) is 18.0. The number of rotatable bonds is 4. The van der Waals surface area contributed by atoms with E-state index in [2.05, 4.69) is 25.5 Å². The molecule has 1 aliphatic rings. The van der Waals surface area contributed by atoms with Gasteiger partial charge in [-0.1, -0.05) is 6.07 Å². The lowest BCUT2D eigenvalue weighted by molar-refractivity contribution is 0.102. The Kier molecular flexibility index (Phi) is 5.19. The van der Waals surface area contributed by atoms with Crippen molar-refractivity contribution in [2.24, 2.45) is 7.05 Å². The summed E-state index contributed by atoms with van der Waals surface area (Å²) in [5, 5.41) is 8.06. The number of para-hydroxylation sites is 1. The summed E-state index contributed by atoms with van der Waals surface area (Å²) in [6.45, 7) is 3.39. The monoisotopic (exact) mass is 453 g/mol. The minimum atomic E-state index is -0.493. The molecule has 1 amide bonds. The van der Waals surface area contributed by atoms with Crippen molar-refractivity contribution in [3.8, 4) is 5.13 Å². The van der Waals surface area contributed by atoms with Crippen LogP contribution < -0.4 is 21.2 Å². The zero-order chi connectivity index (χ0) is 22.2. The molecule has 5 rings (SSSR count). The number of benzene rings is 1. The van der Waals surface area contributed by atoms with Gasteiger partial charge in [0.05, 0.1) is 23.1 Å². The van der Waals surface area contributed by atoms with E-state index in [1.807, 2.05) is 6.07 Å². The molecule has 4 heterocycles. The normalized spacial score (nSPS) is 14.1. The third-order valence-electron chi connectivity index (χ3n) is 5.44. The molecule has 0 saturated carbocycles. The molecule has 1 aromatic carbocycles. The van der Waals surface area contributed by atoms with Gasteiger partial charge in [0.15, 0.2) is 5.13 Å². The summed E-state index contributed by atoms with van der Waals surface area (Å²) in [5.74, 6) is -0.899. The van der Waals surface area contributed by atoms with E-state index < -0.39 is 17.4 Å². The van der Waals surface area contributed by atoms with Crippen molar-refractivity contribution in [3.63, 3.8) is 0 Å².